The van der Waals surface area contributed by atoms with E-state index in [0.29, 0.717) is 17.9 Å². The summed E-state index contributed by atoms with van der Waals surface area (Å²) >= 11 is 0. The van der Waals surface area contributed by atoms with Crippen molar-refractivity contribution in [2.75, 3.05) is 25.2 Å². The number of ether oxygens (including phenoxy) is 4. The van der Waals surface area contributed by atoms with Crippen molar-refractivity contribution in [3.63, 3.8) is 0 Å². The highest BCUT2D eigenvalue weighted by molar-refractivity contribution is 5.98. The minimum Gasteiger partial charge on any atom is -0.493 e. The van der Waals surface area contributed by atoms with Gasteiger partial charge in [-0.15, -0.1) is 0 Å². The first-order valence-corrected chi connectivity index (χ1v) is 11.8. The Labute approximate surface area is 223 Å². The van der Waals surface area contributed by atoms with Crippen LogP contribution in [0.1, 0.15) is 41.3 Å². The highest BCUT2D eigenvalue weighted by Gasteiger charge is 2.35. The van der Waals surface area contributed by atoms with E-state index in [0.717, 1.165) is 25.0 Å². The van der Waals surface area contributed by atoms with Crippen LogP contribution in [0.3, 0.4) is 0 Å². The summed E-state index contributed by atoms with van der Waals surface area (Å²) in [7, 11) is 1.36. The van der Waals surface area contributed by atoms with Crippen molar-refractivity contribution in [1.82, 2.24) is 0 Å². The van der Waals surface area contributed by atoms with Crippen molar-refractivity contribution >= 4 is 29.4 Å². The molecule has 0 fully saturated rings. The van der Waals surface area contributed by atoms with Crippen LogP contribution in [0.2, 0.25) is 0 Å². The van der Waals surface area contributed by atoms with E-state index in [4.69, 9.17) is 35.5 Å². The fraction of sp³-hybridized carbons (Fsp3) is 0.214. The maximum Gasteiger partial charge on any atom is 0.426 e. The van der Waals surface area contributed by atoms with Gasteiger partial charge in [0.2, 0.25) is 0 Å². The maximum atomic E-state index is 14.9. The Bertz CT molecular complexity index is 1360. The number of carbonyl (C=O) groups excluding carboxylic acids is 1. The number of nitrogen functional groups attached to an aromatic ring is 2. The Balaban J connectivity index is 1.66. The minimum absolute atomic E-state index is 0.0158. The maximum absolute atomic E-state index is 14.9. The number of halogens is 2. The molecular weight excluding hydrogens is 514 g/mol. The smallest absolute Gasteiger partial charge is 0.426 e. The number of methoxy groups -OCH3 is 1. The monoisotopic (exact) mass is 542 g/mol. The number of benzene rings is 3. The van der Waals surface area contributed by atoms with E-state index < -0.39 is 23.6 Å². The summed E-state index contributed by atoms with van der Waals surface area (Å²) in [5.74, 6) is -2.04. The number of hydrogen-bond acceptors (Lipinski definition) is 8. The van der Waals surface area contributed by atoms with Crippen LogP contribution in [0.5, 0.6) is 23.0 Å². The van der Waals surface area contributed by atoms with E-state index in [9.17, 15) is 18.4 Å². The molecule has 0 saturated heterocycles. The molecule has 0 unspecified atom stereocenters. The number of esters is 1. The lowest BCUT2D eigenvalue weighted by molar-refractivity contribution is -0.185. The number of carbonyl (C=O) groups is 2. The van der Waals surface area contributed by atoms with E-state index in [1.54, 1.807) is 0 Å². The van der Waals surface area contributed by atoms with Crippen molar-refractivity contribution < 1.29 is 42.4 Å². The molecule has 3 aromatic carbocycles. The van der Waals surface area contributed by atoms with Crippen LogP contribution in [0.4, 0.5) is 20.2 Å². The average molecular weight is 543 g/mol. The predicted molar refractivity (Wildman–Crippen MR) is 141 cm³/mol. The lowest BCUT2D eigenvalue weighted by Gasteiger charge is -2.20. The Morgan fingerprint density at radius 2 is 1.74 bits per heavy atom. The van der Waals surface area contributed by atoms with Gasteiger partial charge in [0.1, 0.15) is 5.75 Å². The first kappa shape index (κ1) is 28.8. The van der Waals surface area contributed by atoms with Crippen molar-refractivity contribution in [2.24, 2.45) is 0 Å². The van der Waals surface area contributed by atoms with Gasteiger partial charge in [-0.2, -0.15) is 8.78 Å². The highest BCUT2D eigenvalue weighted by atomic mass is 19.3. The molecule has 9 nitrogen and oxygen atoms in total. The number of carboxylic acids is 1. The Morgan fingerprint density at radius 3 is 2.38 bits per heavy atom. The summed E-state index contributed by atoms with van der Waals surface area (Å²) in [5.41, 5.74) is 11.0. The number of anilines is 2. The van der Waals surface area contributed by atoms with E-state index in [1.807, 2.05) is 6.92 Å². The molecule has 0 radical (unpaired) electrons. The second-order valence-electron chi connectivity index (χ2n) is 8.26. The standard InChI is InChI=1S/C28H28F2N2O7/c1-3-4-15-37-22-13-8-18(16-23(22)36-2)28(29,30)39-19-9-5-17(6-10-19)7-14-24(33)38-26-21(31)12-11-20(25(26)32)27(34)35/h5-14,16H,3-4,15,31-32H2,1-2H3,(H,34,35)/b14-7+. The summed E-state index contributed by atoms with van der Waals surface area (Å²) in [4.78, 5) is 23.4. The van der Waals surface area contributed by atoms with Gasteiger partial charge < -0.3 is 35.5 Å². The Morgan fingerprint density at radius 1 is 1.03 bits per heavy atom. The number of alkyl halides is 2. The molecular formula is C28H28F2N2O7. The molecule has 3 rings (SSSR count). The van der Waals surface area contributed by atoms with Crippen molar-refractivity contribution in [2.45, 2.75) is 25.9 Å². The fourth-order valence-corrected chi connectivity index (χ4v) is 3.36. The molecule has 11 heteroatoms. The van der Waals surface area contributed by atoms with Gasteiger partial charge in [0.05, 0.1) is 36.2 Å². The van der Waals surface area contributed by atoms with E-state index in [-0.39, 0.29) is 34.2 Å². The number of unbranched alkanes of at least 4 members (excludes halogenated alkanes) is 1. The number of rotatable bonds is 12. The van der Waals surface area contributed by atoms with E-state index in [1.165, 1.54) is 61.7 Å². The van der Waals surface area contributed by atoms with Crippen LogP contribution >= 0.6 is 0 Å². The molecule has 0 atom stereocenters. The minimum atomic E-state index is -3.67. The normalized spacial score (nSPS) is 11.3. The van der Waals surface area contributed by atoms with Gasteiger partial charge in [-0.1, -0.05) is 25.5 Å². The largest absolute Gasteiger partial charge is 0.493 e. The second kappa shape index (κ2) is 12.6. The van der Waals surface area contributed by atoms with Crippen LogP contribution in [0.25, 0.3) is 6.08 Å². The fourth-order valence-electron chi connectivity index (χ4n) is 3.36. The zero-order valence-corrected chi connectivity index (χ0v) is 21.3. The number of hydrogen-bond donors (Lipinski definition) is 3. The quantitative estimate of drug-likeness (QED) is 0.0890. The zero-order chi connectivity index (χ0) is 28.6. The van der Waals surface area contributed by atoms with Gasteiger partial charge in [-0.3, -0.25) is 0 Å². The van der Waals surface area contributed by atoms with Gasteiger partial charge in [0.25, 0.3) is 0 Å². The molecule has 0 aliphatic rings. The van der Waals surface area contributed by atoms with Crippen LogP contribution in [0.15, 0.2) is 60.7 Å². The average Bonchev–Trinajstić information content (AvgIpc) is 2.90. The third-order valence-electron chi connectivity index (χ3n) is 5.45. The molecule has 39 heavy (non-hydrogen) atoms. The third-order valence-corrected chi connectivity index (χ3v) is 5.45. The van der Waals surface area contributed by atoms with Crippen LogP contribution in [0, 0.1) is 0 Å². The van der Waals surface area contributed by atoms with Crippen molar-refractivity contribution in [3.05, 3.63) is 77.4 Å². The molecule has 0 saturated carbocycles. The summed E-state index contributed by atoms with van der Waals surface area (Å²) in [5, 5.41) is 9.15. The SMILES string of the molecule is CCCCOc1ccc(C(F)(F)Oc2ccc(/C=C/C(=O)Oc3c(N)ccc(C(=O)O)c3N)cc2)cc1OC. The molecule has 0 spiro atoms. The number of aromatic carboxylic acids is 1. The predicted octanol–water partition coefficient (Wildman–Crippen LogP) is 5.48. The third kappa shape index (κ3) is 7.37. The summed E-state index contributed by atoms with van der Waals surface area (Å²) in [6, 6.07) is 11.8. The number of nitrogens with two attached hydrogens (primary N) is 2. The molecule has 0 amide bonds. The second-order valence-corrected chi connectivity index (χ2v) is 8.26. The van der Waals surface area contributed by atoms with E-state index >= 15 is 0 Å². The molecule has 0 heterocycles. The van der Waals surface area contributed by atoms with Crippen LogP contribution in [-0.4, -0.2) is 30.8 Å². The molecule has 0 bridgehead atoms. The number of carboxylic acid groups (broad SMARTS) is 1. The Kier molecular flexibility index (Phi) is 9.32. The molecule has 0 aliphatic carbocycles. The molecule has 5 N–H and O–H groups in total. The van der Waals surface area contributed by atoms with Gasteiger partial charge in [-0.25, -0.2) is 9.59 Å². The molecule has 3 aromatic rings. The van der Waals surface area contributed by atoms with Crippen LogP contribution < -0.4 is 30.4 Å². The lowest BCUT2D eigenvalue weighted by atomic mass is 10.1. The molecule has 206 valence electrons. The van der Waals surface area contributed by atoms with Gasteiger partial charge in [0, 0.05) is 6.08 Å². The van der Waals surface area contributed by atoms with Crippen molar-refractivity contribution in [3.8, 4) is 23.0 Å². The zero-order valence-electron chi connectivity index (χ0n) is 21.3. The highest BCUT2D eigenvalue weighted by Crippen LogP contribution is 2.37. The van der Waals surface area contributed by atoms with E-state index in [2.05, 4.69) is 0 Å². The topological polar surface area (TPSA) is 143 Å². The van der Waals surface area contributed by atoms with Gasteiger partial charge in [0.15, 0.2) is 17.2 Å². The van der Waals surface area contributed by atoms with Gasteiger partial charge >= 0.3 is 18.0 Å². The van der Waals surface area contributed by atoms with Gasteiger partial charge in [-0.05, 0) is 60.5 Å². The summed E-state index contributed by atoms with van der Waals surface area (Å²) < 4.78 is 50.5. The first-order chi connectivity index (χ1) is 18.6. The summed E-state index contributed by atoms with van der Waals surface area (Å²) in [6.45, 7) is 2.45. The Hall–Kier alpha value is -4.80. The first-order valence-electron chi connectivity index (χ1n) is 11.8. The lowest BCUT2D eigenvalue weighted by Crippen LogP contribution is -2.22. The molecule has 0 aliphatic heterocycles. The van der Waals surface area contributed by atoms with Crippen LogP contribution in [-0.2, 0) is 10.9 Å². The molecule has 0 aromatic heterocycles. The summed E-state index contributed by atoms with van der Waals surface area (Å²) in [6.07, 6.45) is 0.493. The van der Waals surface area contributed by atoms with Crippen molar-refractivity contribution in [1.29, 1.82) is 0 Å².